The molecule has 0 amide bonds. The fraction of sp³-hybridized carbons (Fsp3) is 0.364. The monoisotopic (exact) mass is 245 g/mol. The summed E-state index contributed by atoms with van der Waals surface area (Å²) in [5.41, 5.74) is 6.55. The highest BCUT2D eigenvalue weighted by atomic mass is 35.5. The molecule has 0 aliphatic rings. The van der Waals surface area contributed by atoms with Gasteiger partial charge in [-0.25, -0.2) is 0 Å². The molecule has 0 saturated heterocycles. The third-order valence-corrected chi connectivity index (χ3v) is 2.14. The van der Waals surface area contributed by atoms with E-state index in [0.717, 1.165) is 11.3 Å². The number of nitrogens with two attached hydrogens (primary N) is 1. The van der Waals surface area contributed by atoms with E-state index in [0.29, 0.717) is 6.42 Å². The number of ether oxygens (including phenoxy) is 2. The minimum Gasteiger partial charge on any atom is -0.496 e. The number of hydrogen-bond acceptors (Lipinski definition) is 4. The smallest absolute Gasteiger partial charge is 0.322 e. The lowest BCUT2D eigenvalue weighted by Gasteiger charge is -2.11. The summed E-state index contributed by atoms with van der Waals surface area (Å²) in [6.45, 7) is 0. The Morgan fingerprint density at radius 3 is 2.56 bits per heavy atom. The highest BCUT2D eigenvalue weighted by Gasteiger charge is 2.15. The van der Waals surface area contributed by atoms with Crippen molar-refractivity contribution in [2.45, 2.75) is 12.5 Å². The van der Waals surface area contributed by atoms with Crippen molar-refractivity contribution in [1.29, 1.82) is 0 Å². The van der Waals surface area contributed by atoms with Crippen molar-refractivity contribution in [1.82, 2.24) is 0 Å². The molecule has 1 aromatic carbocycles. The van der Waals surface area contributed by atoms with Gasteiger partial charge in [-0.15, -0.1) is 12.4 Å². The summed E-state index contributed by atoms with van der Waals surface area (Å²) in [5.74, 6) is 0.317. The Kier molecular flexibility index (Phi) is 6.53. The molecule has 16 heavy (non-hydrogen) atoms. The lowest BCUT2D eigenvalue weighted by Crippen LogP contribution is -2.33. The minimum atomic E-state index is -0.647. The van der Waals surface area contributed by atoms with E-state index in [9.17, 15) is 4.79 Å². The average Bonchev–Trinajstić information content (AvgIpc) is 2.28. The summed E-state index contributed by atoms with van der Waals surface area (Å²) in [6.07, 6.45) is 0.413. The molecule has 2 N–H and O–H groups in total. The van der Waals surface area contributed by atoms with Crippen LogP contribution in [0, 0.1) is 0 Å². The summed E-state index contributed by atoms with van der Waals surface area (Å²) in [6, 6.07) is 6.81. The second kappa shape index (κ2) is 7.09. The van der Waals surface area contributed by atoms with Crippen LogP contribution in [0.25, 0.3) is 0 Å². The second-order valence-corrected chi connectivity index (χ2v) is 3.15. The third kappa shape index (κ3) is 3.72. The van der Waals surface area contributed by atoms with Crippen molar-refractivity contribution in [2.75, 3.05) is 14.2 Å². The quantitative estimate of drug-likeness (QED) is 0.809. The molecule has 0 fully saturated rings. The standard InChI is InChI=1S/C11H15NO3.ClH/c1-14-10-6-4-3-5-8(10)7-9(12)11(13)15-2;/h3-6,9H,7,12H2,1-2H3;1H/t9-;/m0./s1. The highest BCUT2D eigenvalue weighted by Crippen LogP contribution is 2.18. The van der Waals surface area contributed by atoms with Crippen molar-refractivity contribution < 1.29 is 14.3 Å². The van der Waals surface area contributed by atoms with E-state index in [4.69, 9.17) is 10.5 Å². The number of methoxy groups -OCH3 is 2. The summed E-state index contributed by atoms with van der Waals surface area (Å²) in [7, 11) is 2.91. The Bertz CT molecular complexity index is 344. The molecule has 0 radical (unpaired) electrons. The Hall–Kier alpha value is -1.26. The summed E-state index contributed by atoms with van der Waals surface area (Å²) >= 11 is 0. The fourth-order valence-electron chi connectivity index (χ4n) is 1.34. The molecule has 0 bridgehead atoms. The number of carbonyl (C=O) groups excluding carboxylic acids is 1. The van der Waals surface area contributed by atoms with Gasteiger partial charge in [-0.05, 0) is 11.6 Å². The summed E-state index contributed by atoms with van der Waals surface area (Å²) in [4.78, 5) is 11.1. The molecular weight excluding hydrogens is 230 g/mol. The van der Waals surface area contributed by atoms with Crippen LogP contribution < -0.4 is 10.5 Å². The SMILES string of the molecule is COC(=O)[C@@H](N)Cc1ccccc1OC.Cl. The number of rotatable bonds is 4. The number of carbonyl (C=O) groups is 1. The fourth-order valence-corrected chi connectivity index (χ4v) is 1.34. The van der Waals surface area contributed by atoms with Gasteiger partial charge >= 0.3 is 5.97 Å². The molecule has 1 atom stereocenters. The van der Waals surface area contributed by atoms with Crippen LogP contribution >= 0.6 is 12.4 Å². The normalized spacial score (nSPS) is 11.2. The Balaban J connectivity index is 0.00000225. The first kappa shape index (κ1) is 14.7. The first-order valence-electron chi connectivity index (χ1n) is 4.64. The van der Waals surface area contributed by atoms with Crippen LogP contribution in [-0.2, 0) is 16.0 Å². The molecule has 5 heteroatoms. The molecule has 0 aliphatic carbocycles. The van der Waals surface area contributed by atoms with Gasteiger partial charge in [0.25, 0.3) is 0 Å². The van der Waals surface area contributed by atoms with Crippen LogP contribution in [-0.4, -0.2) is 26.2 Å². The minimum absolute atomic E-state index is 0. The van der Waals surface area contributed by atoms with Gasteiger partial charge in [-0.3, -0.25) is 4.79 Å². The van der Waals surface area contributed by atoms with E-state index in [-0.39, 0.29) is 12.4 Å². The van der Waals surface area contributed by atoms with Gasteiger partial charge in [0.05, 0.1) is 14.2 Å². The number of benzene rings is 1. The van der Waals surface area contributed by atoms with Gasteiger partial charge in [-0.1, -0.05) is 18.2 Å². The van der Waals surface area contributed by atoms with Crippen molar-refractivity contribution in [3.63, 3.8) is 0 Å². The number of para-hydroxylation sites is 1. The first-order valence-corrected chi connectivity index (χ1v) is 4.64. The molecule has 0 aliphatic heterocycles. The van der Waals surface area contributed by atoms with E-state index in [1.807, 2.05) is 24.3 Å². The van der Waals surface area contributed by atoms with Crippen LogP contribution in [0.15, 0.2) is 24.3 Å². The van der Waals surface area contributed by atoms with Gasteiger partial charge in [0, 0.05) is 6.42 Å². The van der Waals surface area contributed by atoms with Gasteiger partial charge in [0.15, 0.2) is 0 Å². The van der Waals surface area contributed by atoms with Gasteiger partial charge in [0.2, 0.25) is 0 Å². The average molecular weight is 246 g/mol. The predicted octanol–water partition coefficient (Wildman–Crippen LogP) is 1.16. The van der Waals surface area contributed by atoms with Crippen LogP contribution in [0.4, 0.5) is 0 Å². The molecule has 1 aromatic rings. The molecule has 0 spiro atoms. The lowest BCUT2D eigenvalue weighted by atomic mass is 10.1. The topological polar surface area (TPSA) is 61.5 Å². The van der Waals surface area contributed by atoms with Crippen molar-refractivity contribution in [3.8, 4) is 5.75 Å². The van der Waals surface area contributed by atoms with Crippen LogP contribution in [0.1, 0.15) is 5.56 Å². The maximum atomic E-state index is 11.1. The number of halogens is 1. The molecular formula is C11H16ClNO3. The highest BCUT2D eigenvalue weighted by molar-refractivity contribution is 5.85. The Morgan fingerprint density at radius 2 is 2.00 bits per heavy atom. The molecule has 1 rings (SSSR count). The zero-order chi connectivity index (χ0) is 11.3. The van der Waals surface area contributed by atoms with Crippen LogP contribution in [0.3, 0.4) is 0 Å². The summed E-state index contributed by atoms with van der Waals surface area (Å²) < 4.78 is 9.70. The molecule has 0 unspecified atom stereocenters. The summed E-state index contributed by atoms with van der Waals surface area (Å²) in [5, 5.41) is 0. The number of esters is 1. The molecule has 0 aromatic heterocycles. The van der Waals surface area contributed by atoms with E-state index >= 15 is 0 Å². The van der Waals surface area contributed by atoms with Gasteiger partial charge in [-0.2, -0.15) is 0 Å². The van der Waals surface area contributed by atoms with Crippen molar-refractivity contribution >= 4 is 18.4 Å². The molecule has 0 saturated carbocycles. The zero-order valence-electron chi connectivity index (χ0n) is 9.30. The van der Waals surface area contributed by atoms with E-state index < -0.39 is 12.0 Å². The maximum Gasteiger partial charge on any atom is 0.322 e. The van der Waals surface area contributed by atoms with E-state index in [1.165, 1.54) is 7.11 Å². The second-order valence-electron chi connectivity index (χ2n) is 3.15. The maximum absolute atomic E-state index is 11.1. The largest absolute Gasteiger partial charge is 0.496 e. The van der Waals surface area contributed by atoms with E-state index in [2.05, 4.69) is 4.74 Å². The zero-order valence-corrected chi connectivity index (χ0v) is 10.1. The molecule has 4 nitrogen and oxygen atoms in total. The predicted molar refractivity (Wildman–Crippen MR) is 63.9 cm³/mol. The Morgan fingerprint density at radius 1 is 1.38 bits per heavy atom. The van der Waals surface area contributed by atoms with E-state index in [1.54, 1.807) is 7.11 Å². The van der Waals surface area contributed by atoms with Gasteiger partial charge in [0.1, 0.15) is 11.8 Å². The first-order chi connectivity index (χ1) is 7.19. The number of hydrogen-bond donors (Lipinski definition) is 1. The van der Waals surface area contributed by atoms with Gasteiger partial charge < -0.3 is 15.2 Å². The molecule has 0 heterocycles. The van der Waals surface area contributed by atoms with Crippen LogP contribution in [0.5, 0.6) is 5.75 Å². The lowest BCUT2D eigenvalue weighted by molar-refractivity contribution is -0.142. The third-order valence-electron chi connectivity index (χ3n) is 2.14. The molecule has 90 valence electrons. The van der Waals surface area contributed by atoms with Crippen LogP contribution in [0.2, 0.25) is 0 Å². The van der Waals surface area contributed by atoms with Crippen molar-refractivity contribution in [3.05, 3.63) is 29.8 Å². The van der Waals surface area contributed by atoms with Crippen molar-refractivity contribution in [2.24, 2.45) is 5.73 Å². The Labute approximate surface area is 101 Å².